The van der Waals surface area contributed by atoms with Crippen LogP contribution in [0.3, 0.4) is 0 Å². The molecule has 7 nitrogen and oxygen atoms in total. The van der Waals surface area contributed by atoms with Gasteiger partial charge in [0.25, 0.3) is 12.4 Å². The van der Waals surface area contributed by atoms with E-state index in [1.165, 1.54) is 0 Å². The van der Waals surface area contributed by atoms with Gasteiger partial charge in [0.05, 0.1) is 12.2 Å². The molecule has 7 heteroatoms. The van der Waals surface area contributed by atoms with Crippen LogP contribution in [0.1, 0.15) is 28.8 Å². The lowest BCUT2D eigenvalue weighted by Crippen LogP contribution is -2.51. The number of aromatic nitrogens is 1. The van der Waals surface area contributed by atoms with Crippen LogP contribution in [0.4, 0.5) is 0 Å². The summed E-state index contributed by atoms with van der Waals surface area (Å²) in [5.74, 6) is 1.33. The zero-order valence-electron chi connectivity index (χ0n) is 18.2. The number of carbonyl (C=O) groups is 2. The highest BCUT2D eigenvalue weighted by Gasteiger charge is 2.42. The molecule has 1 amide bonds. The zero-order chi connectivity index (χ0) is 23.3. The van der Waals surface area contributed by atoms with Gasteiger partial charge < -0.3 is 19.9 Å². The standard InChI is InChI=1S/C25H22N2O3.CH2O2/c1-17-8-10-20(11-9-17)25(12-14-29-22-7-4-13-26-23(22)25)27-24(28)19-15-18-5-2-3-6-21(18)30-16-19;2-1-3/h2-11,13,15H,12,14,16H2,1H3,(H,27,28);1H,(H,2,3)/t25-;/m0./s1. The lowest BCUT2D eigenvalue weighted by Gasteiger charge is -2.39. The number of aryl methyl sites for hydroxylation is 1. The van der Waals surface area contributed by atoms with E-state index in [0.717, 1.165) is 28.1 Å². The van der Waals surface area contributed by atoms with Crippen LogP contribution in [0, 0.1) is 6.92 Å². The third-order valence-corrected chi connectivity index (χ3v) is 5.70. The van der Waals surface area contributed by atoms with Crippen molar-refractivity contribution in [2.45, 2.75) is 18.9 Å². The maximum absolute atomic E-state index is 13.4. The van der Waals surface area contributed by atoms with Gasteiger partial charge in [-0.15, -0.1) is 0 Å². The van der Waals surface area contributed by atoms with Gasteiger partial charge in [0, 0.05) is 18.2 Å². The number of para-hydroxylation sites is 1. The predicted octanol–water partition coefficient (Wildman–Crippen LogP) is 3.71. The van der Waals surface area contributed by atoms with E-state index in [-0.39, 0.29) is 19.0 Å². The van der Waals surface area contributed by atoms with Gasteiger partial charge in [-0.2, -0.15) is 0 Å². The fourth-order valence-corrected chi connectivity index (χ4v) is 4.09. The highest BCUT2D eigenvalue weighted by Crippen LogP contribution is 2.41. The molecule has 0 bridgehead atoms. The number of rotatable bonds is 3. The lowest BCUT2D eigenvalue weighted by molar-refractivity contribution is -0.123. The van der Waals surface area contributed by atoms with E-state index in [1.807, 2.05) is 49.4 Å². The van der Waals surface area contributed by atoms with Crippen LogP contribution in [0.2, 0.25) is 0 Å². The number of carboxylic acid groups (broad SMARTS) is 1. The summed E-state index contributed by atoms with van der Waals surface area (Å²) in [5, 5.41) is 10.2. The molecule has 33 heavy (non-hydrogen) atoms. The van der Waals surface area contributed by atoms with Gasteiger partial charge in [0.15, 0.2) is 0 Å². The van der Waals surface area contributed by atoms with E-state index in [2.05, 4.69) is 34.6 Å². The van der Waals surface area contributed by atoms with Crippen LogP contribution in [0.5, 0.6) is 11.5 Å². The van der Waals surface area contributed by atoms with Crippen LogP contribution >= 0.6 is 0 Å². The minimum Gasteiger partial charge on any atom is -0.491 e. The molecule has 0 radical (unpaired) electrons. The molecule has 3 heterocycles. The third-order valence-electron chi connectivity index (χ3n) is 5.70. The second-order valence-corrected chi connectivity index (χ2v) is 7.78. The summed E-state index contributed by atoms with van der Waals surface area (Å²) in [6.07, 6.45) is 4.23. The Bertz CT molecular complexity index is 1190. The third kappa shape index (κ3) is 4.43. The number of benzene rings is 2. The van der Waals surface area contributed by atoms with Crippen LogP contribution in [-0.2, 0) is 15.1 Å². The molecule has 2 N–H and O–H groups in total. The molecule has 3 aromatic rings. The fraction of sp³-hybridized carbons (Fsp3) is 0.192. The first-order chi connectivity index (χ1) is 16.1. The summed E-state index contributed by atoms with van der Waals surface area (Å²) < 4.78 is 11.6. The average molecular weight is 444 g/mol. The van der Waals surface area contributed by atoms with Crippen molar-refractivity contribution in [3.63, 3.8) is 0 Å². The maximum Gasteiger partial charge on any atom is 0.290 e. The van der Waals surface area contributed by atoms with Crippen molar-refractivity contribution in [1.82, 2.24) is 10.3 Å². The molecule has 2 aromatic carbocycles. The van der Waals surface area contributed by atoms with Crippen LogP contribution < -0.4 is 14.8 Å². The Kier molecular flexibility index (Phi) is 6.40. The Morgan fingerprint density at radius 3 is 2.58 bits per heavy atom. The monoisotopic (exact) mass is 444 g/mol. The summed E-state index contributed by atoms with van der Waals surface area (Å²) in [6, 6.07) is 19.7. The average Bonchev–Trinajstić information content (AvgIpc) is 2.85. The number of nitrogens with zero attached hydrogens (tertiary/aromatic N) is 1. The Morgan fingerprint density at radius 2 is 1.79 bits per heavy atom. The molecule has 0 fully saturated rings. The highest BCUT2D eigenvalue weighted by molar-refractivity contribution is 6.00. The van der Waals surface area contributed by atoms with Crippen LogP contribution in [0.25, 0.3) is 6.08 Å². The van der Waals surface area contributed by atoms with E-state index >= 15 is 0 Å². The van der Waals surface area contributed by atoms with E-state index in [0.29, 0.717) is 24.4 Å². The Labute approximate surface area is 191 Å². The number of fused-ring (bicyclic) bond motifs is 2. The second kappa shape index (κ2) is 9.56. The van der Waals surface area contributed by atoms with Gasteiger partial charge in [-0.05, 0) is 36.8 Å². The minimum absolute atomic E-state index is 0.163. The molecule has 5 rings (SSSR count). The molecule has 2 aliphatic heterocycles. The van der Waals surface area contributed by atoms with Gasteiger partial charge in [-0.25, -0.2) is 0 Å². The van der Waals surface area contributed by atoms with Gasteiger partial charge in [-0.3, -0.25) is 14.6 Å². The summed E-state index contributed by atoms with van der Waals surface area (Å²) >= 11 is 0. The Hall–Kier alpha value is -4.13. The Morgan fingerprint density at radius 1 is 1.06 bits per heavy atom. The summed E-state index contributed by atoms with van der Waals surface area (Å²) in [6.45, 7) is 2.52. The number of nitrogens with one attached hydrogen (secondary N) is 1. The summed E-state index contributed by atoms with van der Waals surface area (Å²) in [7, 11) is 0. The first-order valence-corrected chi connectivity index (χ1v) is 10.6. The van der Waals surface area contributed by atoms with Gasteiger partial charge in [0.2, 0.25) is 0 Å². The molecule has 0 saturated heterocycles. The molecular weight excluding hydrogens is 420 g/mol. The first-order valence-electron chi connectivity index (χ1n) is 10.6. The second-order valence-electron chi connectivity index (χ2n) is 7.78. The molecule has 0 unspecified atom stereocenters. The number of hydrogen-bond donors (Lipinski definition) is 2. The number of pyridine rings is 1. The van der Waals surface area contributed by atoms with E-state index in [4.69, 9.17) is 19.4 Å². The van der Waals surface area contributed by atoms with Crippen molar-refractivity contribution >= 4 is 18.5 Å². The van der Waals surface area contributed by atoms with Crippen molar-refractivity contribution in [1.29, 1.82) is 0 Å². The van der Waals surface area contributed by atoms with Crippen molar-refractivity contribution in [3.8, 4) is 11.5 Å². The lowest BCUT2D eigenvalue weighted by atomic mass is 9.81. The number of amides is 1. The van der Waals surface area contributed by atoms with Crippen LogP contribution in [0.15, 0.2) is 72.4 Å². The number of carbonyl (C=O) groups excluding carboxylic acids is 1. The molecule has 2 aliphatic rings. The normalized spacial score (nSPS) is 18.0. The smallest absolute Gasteiger partial charge is 0.290 e. The van der Waals surface area contributed by atoms with Crippen molar-refractivity contribution in [2.75, 3.05) is 13.2 Å². The van der Waals surface area contributed by atoms with Crippen molar-refractivity contribution in [2.24, 2.45) is 0 Å². The van der Waals surface area contributed by atoms with Crippen molar-refractivity contribution in [3.05, 3.63) is 94.8 Å². The highest BCUT2D eigenvalue weighted by atomic mass is 16.5. The molecule has 168 valence electrons. The molecule has 1 aromatic heterocycles. The predicted molar refractivity (Wildman–Crippen MR) is 123 cm³/mol. The van der Waals surface area contributed by atoms with E-state index in [1.54, 1.807) is 6.20 Å². The van der Waals surface area contributed by atoms with Crippen molar-refractivity contribution < 1.29 is 24.2 Å². The quantitative estimate of drug-likeness (QED) is 0.598. The molecule has 0 spiro atoms. The number of ether oxygens (including phenoxy) is 2. The number of hydrogen-bond acceptors (Lipinski definition) is 5. The maximum atomic E-state index is 13.4. The van der Waals surface area contributed by atoms with E-state index < -0.39 is 5.54 Å². The van der Waals surface area contributed by atoms with Gasteiger partial charge in [-0.1, -0.05) is 48.0 Å². The SMILES string of the molecule is Cc1ccc([C@@]2(NC(=O)C3=Cc4ccccc4OC3)CCOc3cccnc32)cc1.O=CO. The molecule has 0 saturated carbocycles. The fourth-order valence-electron chi connectivity index (χ4n) is 4.09. The topological polar surface area (TPSA) is 97.8 Å². The largest absolute Gasteiger partial charge is 0.491 e. The zero-order valence-corrected chi connectivity index (χ0v) is 18.2. The molecular formula is C26H24N2O5. The first kappa shape index (κ1) is 22.1. The van der Waals surface area contributed by atoms with Gasteiger partial charge >= 0.3 is 0 Å². The van der Waals surface area contributed by atoms with Gasteiger partial charge in [0.1, 0.15) is 29.3 Å². The summed E-state index contributed by atoms with van der Waals surface area (Å²) in [4.78, 5) is 26.4. The summed E-state index contributed by atoms with van der Waals surface area (Å²) in [5.41, 5.74) is 3.60. The Balaban J connectivity index is 0.000000821. The molecule has 1 atom stereocenters. The van der Waals surface area contributed by atoms with E-state index in [9.17, 15) is 4.79 Å². The van der Waals surface area contributed by atoms with Crippen LogP contribution in [-0.4, -0.2) is 35.7 Å². The minimum atomic E-state index is -0.766. The molecule has 0 aliphatic carbocycles.